The van der Waals surface area contributed by atoms with E-state index < -0.39 is 0 Å². The molecule has 0 aromatic carbocycles. The fourth-order valence-electron chi connectivity index (χ4n) is 2.27. The molecular formula is C11H22N2O. The first-order valence-electron chi connectivity index (χ1n) is 5.48. The largest absolute Gasteiger partial charge is 0.317 e. The van der Waals surface area contributed by atoms with E-state index in [9.17, 15) is 4.79 Å². The predicted molar refractivity (Wildman–Crippen MR) is 58.4 cm³/mol. The van der Waals surface area contributed by atoms with E-state index in [0.29, 0.717) is 18.2 Å². The third-order valence-electron chi connectivity index (χ3n) is 3.18. The lowest BCUT2D eigenvalue weighted by atomic mass is 9.94. The molecular weight excluding hydrogens is 176 g/mol. The molecule has 3 nitrogen and oxygen atoms in total. The van der Waals surface area contributed by atoms with Crippen molar-refractivity contribution >= 4 is 5.78 Å². The van der Waals surface area contributed by atoms with Crippen LogP contribution in [0.15, 0.2) is 0 Å². The molecule has 1 aliphatic heterocycles. The first-order chi connectivity index (χ1) is 6.63. The van der Waals surface area contributed by atoms with Crippen LogP contribution in [0.3, 0.4) is 0 Å². The molecule has 1 saturated heterocycles. The lowest BCUT2D eigenvalue weighted by molar-refractivity contribution is -0.117. The molecule has 2 atom stereocenters. The second-order valence-electron chi connectivity index (χ2n) is 4.45. The Morgan fingerprint density at radius 3 is 2.79 bits per heavy atom. The van der Waals surface area contributed by atoms with Crippen LogP contribution in [0.5, 0.6) is 0 Å². The summed E-state index contributed by atoms with van der Waals surface area (Å²) in [5.41, 5.74) is 0. The Balaban J connectivity index is 2.34. The normalized spacial score (nSPS) is 25.2. The summed E-state index contributed by atoms with van der Waals surface area (Å²) in [6, 6.07) is 0.517. The lowest BCUT2D eigenvalue weighted by Crippen LogP contribution is -2.35. The van der Waals surface area contributed by atoms with Crippen LogP contribution in [0.1, 0.15) is 26.2 Å². The second-order valence-corrected chi connectivity index (χ2v) is 4.45. The summed E-state index contributed by atoms with van der Waals surface area (Å²) in [6.07, 6.45) is 2.97. The number of nitrogens with one attached hydrogen (secondary N) is 1. The smallest absolute Gasteiger partial charge is 0.129 e. The van der Waals surface area contributed by atoms with E-state index in [2.05, 4.69) is 17.3 Å². The van der Waals surface area contributed by atoms with Gasteiger partial charge in [-0.15, -0.1) is 0 Å². The summed E-state index contributed by atoms with van der Waals surface area (Å²) in [4.78, 5) is 13.3. The monoisotopic (exact) mass is 198 g/mol. The van der Waals surface area contributed by atoms with E-state index in [4.69, 9.17) is 0 Å². The third-order valence-corrected chi connectivity index (χ3v) is 3.18. The van der Waals surface area contributed by atoms with Gasteiger partial charge >= 0.3 is 0 Å². The maximum Gasteiger partial charge on any atom is 0.129 e. The SMILES string of the molecule is CNC(CCC(C)=O)C1CCN(C)C1. The van der Waals surface area contributed by atoms with Crippen LogP contribution in [-0.4, -0.2) is 43.9 Å². The average molecular weight is 198 g/mol. The standard InChI is InChI=1S/C11H22N2O/c1-9(14)4-5-11(12-2)10-6-7-13(3)8-10/h10-12H,4-8H2,1-3H3. The van der Waals surface area contributed by atoms with Crippen LogP contribution < -0.4 is 5.32 Å². The van der Waals surface area contributed by atoms with Crippen LogP contribution in [0.25, 0.3) is 0 Å². The van der Waals surface area contributed by atoms with Gasteiger partial charge in [-0.2, -0.15) is 0 Å². The molecule has 0 aliphatic carbocycles. The first-order valence-corrected chi connectivity index (χ1v) is 5.48. The highest BCUT2D eigenvalue weighted by molar-refractivity contribution is 5.75. The van der Waals surface area contributed by atoms with Crippen molar-refractivity contribution in [3.8, 4) is 0 Å². The number of likely N-dealkylation sites (tertiary alicyclic amines) is 1. The molecule has 0 aromatic rings. The van der Waals surface area contributed by atoms with Crippen molar-refractivity contribution in [1.29, 1.82) is 0 Å². The molecule has 0 bridgehead atoms. The summed E-state index contributed by atoms with van der Waals surface area (Å²) in [5.74, 6) is 1.03. The highest BCUT2D eigenvalue weighted by atomic mass is 16.1. The zero-order valence-electron chi connectivity index (χ0n) is 9.55. The molecule has 0 saturated carbocycles. The maximum atomic E-state index is 10.9. The van der Waals surface area contributed by atoms with Gasteiger partial charge < -0.3 is 15.0 Å². The van der Waals surface area contributed by atoms with Crippen LogP contribution in [0.4, 0.5) is 0 Å². The highest BCUT2D eigenvalue weighted by Crippen LogP contribution is 2.20. The molecule has 1 N–H and O–H groups in total. The number of ketones is 1. The fraction of sp³-hybridized carbons (Fsp3) is 0.909. The molecule has 14 heavy (non-hydrogen) atoms. The number of hydrogen-bond donors (Lipinski definition) is 1. The predicted octanol–water partition coefficient (Wildman–Crippen LogP) is 0.895. The number of nitrogens with zero attached hydrogens (tertiary/aromatic N) is 1. The van der Waals surface area contributed by atoms with Crippen molar-refractivity contribution in [2.24, 2.45) is 5.92 Å². The summed E-state index contributed by atoms with van der Waals surface area (Å²) < 4.78 is 0. The molecule has 0 spiro atoms. The van der Waals surface area contributed by atoms with Crippen LogP contribution in [0, 0.1) is 5.92 Å². The number of rotatable bonds is 5. The number of carbonyl (C=O) groups excluding carboxylic acids is 1. The van der Waals surface area contributed by atoms with Crippen molar-refractivity contribution in [2.75, 3.05) is 27.2 Å². The Labute approximate surface area is 86.9 Å². The molecule has 0 amide bonds. The Hall–Kier alpha value is -0.410. The van der Waals surface area contributed by atoms with E-state index in [-0.39, 0.29) is 0 Å². The number of Topliss-reactive ketones (excluding diaryl/α,β-unsaturated/α-hetero) is 1. The quantitative estimate of drug-likeness (QED) is 0.712. The van der Waals surface area contributed by atoms with Gasteiger partial charge in [-0.05, 0) is 46.3 Å². The molecule has 1 heterocycles. The van der Waals surface area contributed by atoms with Crippen molar-refractivity contribution in [3.63, 3.8) is 0 Å². The lowest BCUT2D eigenvalue weighted by Gasteiger charge is -2.22. The number of hydrogen-bond acceptors (Lipinski definition) is 3. The van der Waals surface area contributed by atoms with Crippen LogP contribution in [0.2, 0.25) is 0 Å². The minimum atomic E-state index is 0.302. The minimum absolute atomic E-state index is 0.302. The topological polar surface area (TPSA) is 32.3 Å². The molecule has 0 radical (unpaired) electrons. The van der Waals surface area contributed by atoms with Gasteiger partial charge in [0, 0.05) is 19.0 Å². The Morgan fingerprint density at radius 1 is 1.64 bits per heavy atom. The maximum absolute atomic E-state index is 10.9. The molecule has 1 aliphatic rings. The van der Waals surface area contributed by atoms with E-state index in [1.54, 1.807) is 6.92 Å². The highest BCUT2D eigenvalue weighted by Gasteiger charge is 2.26. The molecule has 3 heteroatoms. The zero-order valence-corrected chi connectivity index (χ0v) is 9.55. The van der Waals surface area contributed by atoms with E-state index in [0.717, 1.165) is 12.3 Å². The van der Waals surface area contributed by atoms with Gasteiger partial charge in [0.25, 0.3) is 0 Å². The summed E-state index contributed by atoms with van der Waals surface area (Å²) in [6.45, 7) is 4.04. The van der Waals surface area contributed by atoms with E-state index in [1.807, 2.05) is 7.05 Å². The van der Waals surface area contributed by atoms with Gasteiger partial charge in [0.1, 0.15) is 5.78 Å². The molecule has 1 fully saturated rings. The molecule has 82 valence electrons. The minimum Gasteiger partial charge on any atom is -0.317 e. The van der Waals surface area contributed by atoms with Crippen molar-refractivity contribution < 1.29 is 4.79 Å². The molecule has 2 unspecified atom stereocenters. The van der Waals surface area contributed by atoms with Gasteiger partial charge in [0.15, 0.2) is 0 Å². The summed E-state index contributed by atoms with van der Waals surface area (Å²) in [5, 5.41) is 3.34. The Morgan fingerprint density at radius 2 is 2.36 bits per heavy atom. The van der Waals surface area contributed by atoms with Crippen molar-refractivity contribution in [2.45, 2.75) is 32.2 Å². The van der Waals surface area contributed by atoms with Gasteiger partial charge in [-0.1, -0.05) is 0 Å². The number of carbonyl (C=O) groups is 1. The Kier molecular flexibility index (Phi) is 4.55. The molecule has 1 rings (SSSR count). The average Bonchev–Trinajstić information content (AvgIpc) is 2.53. The van der Waals surface area contributed by atoms with Crippen LogP contribution >= 0.6 is 0 Å². The van der Waals surface area contributed by atoms with E-state index in [1.165, 1.54) is 19.5 Å². The van der Waals surface area contributed by atoms with Gasteiger partial charge in [-0.25, -0.2) is 0 Å². The van der Waals surface area contributed by atoms with E-state index >= 15 is 0 Å². The zero-order chi connectivity index (χ0) is 10.6. The summed E-state index contributed by atoms with van der Waals surface area (Å²) in [7, 11) is 4.17. The van der Waals surface area contributed by atoms with Gasteiger partial charge in [-0.3, -0.25) is 0 Å². The molecule has 0 aromatic heterocycles. The fourth-order valence-corrected chi connectivity index (χ4v) is 2.27. The van der Waals surface area contributed by atoms with Gasteiger partial charge in [0.05, 0.1) is 0 Å². The van der Waals surface area contributed by atoms with Crippen molar-refractivity contribution in [1.82, 2.24) is 10.2 Å². The summed E-state index contributed by atoms with van der Waals surface area (Å²) >= 11 is 0. The van der Waals surface area contributed by atoms with Crippen molar-refractivity contribution in [3.05, 3.63) is 0 Å². The third kappa shape index (κ3) is 3.39. The van der Waals surface area contributed by atoms with Crippen LogP contribution in [-0.2, 0) is 4.79 Å². The van der Waals surface area contributed by atoms with Gasteiger partial charge in [0.2, 0.25) is 0 Å². The first kappa shape index (κ1) is 11.7. The Bertz CT molecular complexity index is 194. The second kappa shape index (κ2) is 5.47.